The topological polar surface area (TPSA) is 51.2 Å². The van der Waals surface area contributed by atoms with E-state index in [9.17, 15) is 13.2 Å². The van der Waals surface area contributed by atoms with Crippen LogP contribution in [0.15, 0.2) is 88.2 Å². The minimum atomic E-state index is -3.83. The largest absolute Gasteiger partial charge is 0.288 e. The molecule has 0 bridgehead atoms. The number of hydrogen-bond acceptors (Lipinski definition) is 3. The van der Waals surface area contributed by atoms with E-state index in [0.717, 1.165) is 30.4 Å². The van der Waals surface area contributed by atoms with E-state index >= 15 is 0 Å². The van der Waals surface area contributed by atoms with Crippen LogP contribution in [0.5, 0.6) is 0 Å². The van der Waals surface area contributed by atoms with E-state index in [4.69, 9.17) is 0 Å². The third kappa shape index (κ3) is 4.83. The molecule has 1 aliphatic carbocycles. The quantitative estimate of drug-likeness (QED) is 0.556. The van der Waals surface area contributed by atoms with Gasteiger partial charge in [-0.2, -0.15) is 0 Å². The van der Waals surface area contributed by atoms with Crippen LogP contribution in [0.2, 0.25) is 0 Å². The summed E-state index contributed by atoms with van der Waals surface area (Å²) in [6, 6.07) is 16.4. The molecule has 0 fully saturated rings. The Morgan fingerprint density at radius 2 is 1.69 bits per heavy atom. The number of allylic oxidation sites excluding steroid dienone is 5. The number of carbonyl (C=O) groups is 1. The highest BCUT2D eigenvalue weighted by Gasteiger charge is 2.37. The first kappa shape index (κ1) is 21.0. The first-order chi connectivity index (χ1) is 13.9. The average Bonchev–Trinajstić information content (AvgIpc) is 3.04. The van der Waals surface area contributed by atoms with Crippen LogP contribution in [0.3, 0.4) is 0 Å². The zero-order valence-corrected chi connectivity index (χ0v) is 17.7. The SMILES string of the molecule is CCCCC1C=C(S(=O)(=O)c2ccc(C)cc2)C(=O)/C1=C\C=C\c1ccccc1. The van der Waals surface area contributed by atoms with E-state index in [1.54, 1.807) is 36.4 Å². The highest BCUT2D eigenvalue weighted by molar-refractivity contribution is 7.96. The smallest absolute Gasteiger partial charge is 0.210 e. The summed E-state index contributed by atoms with van der Waals surface area (Å²) in [5.74, 6) is -0.553. The predicted molar refractivity (Wildman–Crippen MR) is 118 cm³/mol. The zero-order valence-electron chi connectivity index (χ0n) is 16.8. The molecule has 4 heteroatoms. The Balaban J connectivity index is 1.93. The van der Waals surface area contributed by atoms with E-state index < -0.39 is 9.84 Å². The lowest BCUT2D eigenvalue weighted by Crippen LogP contribution is -2.12. The Kier molecular flexibility index (Phi) is 6.65. The van der Waals surface area contributed by atoms with Gasteiger partial charge in [0.05, 0.1) is 4.90 Å². The molecule has 0 amide bonds. The van der Waals surface area contributed by atoms with E-state index in [1.165, 1.54) is 0 Å². The molecule has 29 heavy (non-hydrogen) atoms. The monoisotopic (exact) mass is 406 g/mol. The maximum absolute atomic E-state index is 13.1. The average molecular weight is 407 g/mol. The number of rotatable bonds is 7. The van der Waals surface area contributed by atoms with Crippen LogP contribution in [-0.4, -0.2) is 14.2 Å². The first-order valence-electron chi connectivity index (χ1n) is 9.95. The lowest BCUT2D eigenvalue weighted by atomic mass is 9.95. The van der Waals surface area contributed by atoms with Crippen molar-refractivity contribution in [3.05, 3.63) is 94.4 Å². The Labute approximate surface area is 173 Å². The molecular weight excluding hydrogens is 380 g/mol. The molecule has 0 radical (unpaired) electrons. The standard InChI is InChI=1S/C25H26O3S/c1-3-4-12-21-18-24(29(27,28)22-16-14-19(2)15-17-22)25(26)23(21)13-8-11-20-9-6-5-7-10-20/h5-11,13-18,21H,3-4,12H2,1-2H3/b11-8+,23-13-. The molecule has 0 aliphatic heterocycles. The molecule has 0 saturated heterocycles. The number of carbonyl (C=O) groups excluding carboxylic acids is 1. The summed E-state index contributed by atoms with van der Waals surface area (Å²) in [4.78, 5) is 13.1. The second kappa shape index (κ2) is 9.19. The molecule has 1 aliphatic rings. The molecule has 1 atom stereocenters. The lowest BCUT2D eigenvalue weighted by Gasteiger charge is -2.08. The molecular formula is C25H26O3S. The maximum Gasteiger partial charge on any atom is 0.210 e. The van der Waals surface area contributed by atoms with Gasteiger partial charge in [-0.15, -0.1) is 0 Å². The van der Waals surface area contributed by atoms with Crippen LogP contribution in [0.4, 0.5) is 0 Å². The van der Waals surface area contributed by atoms with Crippen molar-refractivity contribution < 1.29 is 13.2 Å². The molecule has 2 aromatic rings. The van der Waals surface area contributed by atoms with Crippen molar-refractivity contribution in [2.45, 2.75) is 38.0 Å². The first-order valence-corrected chi connectivity index (χ1v) is 11.4. The molecule has 3 nitrogen and oxygen atoms in total. The van der Waals surface area contributed by atoms with Crippen LogP contribution >= 0.6 is 0 Å². The fraction of sp³-hybridized carbons (Fsp3) is 0.240. The molecule has 150 valence electrons. The van der Waals surface area contributed by atoms with Gasteiger partial charge in [-0.1, -0.05) is 92.1 Å². The molecule has 0 N–H and O–H groups in total. The molecule has 2 aromatic carbocycles. The summed E-state index contributed by atoms with van der Waals surface area (Å²) in [5.41, 5.74) is 2.56. The summed E-state index contributed by atoms with van der Waals surface area (Å²) in [5, 5.41) is 0. The zero-order chi connectivity index (χ0) is 20.9. The second-order valence-electron chi connectivity index (χ2n) is 7.32. The number of unbranched alkanes of at least 4 members (excludes halogenated alkanes) is 1. The van der Waals surface area contributed by atoms with Crippen molar-refractivity contribution in [1.29, 1.82) is 0 Å². The van der Waals surface area contributed by atoms with Crippen molar-refractivity contribution in [2.24, 2.45) is 5.92 Å². The Bertz CT molecular complexity index is 1060. The molecule has 0 spiro atoms. The predicted octanol–water partition coefficient (Wildman–Crippen LogP) is 5.68. The van der Waals surface area contributed by atoms with E-state index in [2.05, 4.69) is 6.92 Å². The van der Waals surface area contributed by atoms with Crippen molar-refractivity contribution in [3.8, 4) is 0 Å². The molecule has 0 aromatic heterocycles. The van der Waals surface area contributed by atoms with Gasteiger partial charge in [0.25, 0.3) is 0 Å². The summed E-state index contributed by atoms with van der Waals surface area (Å²) >= 11 is 0. The second-order valence-corrected chi connectivity index (χ2v) is 9.24. The minimum absolute atomic E-state index is 0.0955. The van der Waals surface area contributed by atoms with E-state index in [-0.39, 0.29) is 21.5 Å². The molecule has 0 saturated carbocycles. The molecule has 3 rings (SSSR count). The maximum atomic E-state index is 13.1. The van der Waals surface area contributed by atoms with Crippen molar-refractivity contribution in [1.82, 2.24) is 0 Å². The summed E-state index contributed by atoms with van der Waals surface area (Å²) in [7, 11) is -3.83. The van der Waals surface area contributed by atoms with Crippen LogP contribution in [-0.2, 0) is 14.6 Å². The number of ketones is 1. The van der Waals surface area contributed by atoms with Gasteiger partial charge in [0.1, 0.15) is 4.91 Å². The van der Waals surface area contributed by atoms with Crippen molar-refractivity contribution in [2.75, 3.05) is 0 Å². The van der Waals surface area contributed by atoms with Crippen LogP contribution in [0.1, 0.15) is 37.3 Å². The fourth-order valence-electron chi connectivity index (χ4n) is 3.40. The summed E-state index contributed by atoms with van der Waals surface area (Å²) in [6.07, 6.45) is 9.86. The highest BCUT2D eigenvalue weighted by Crippen LogP contribution is 2.36. The van der Waals surface area contributed by atoms with E-state index in [1.807, 2.05) is 49.4 Å². The van der Waals surface area contributed by atoms with Gasteiger partial charge in [-0.3, -0.25) is 4.79 Å². The molecule has 1 unspecified atom stereocenters. The minimum Gasteiger partial charge on any atom is -0.288 e. The molecule has 0 heterocycles. The van der Waals surface area contributed by atoms with Gasteiger partial charge in [-0.25, -0.2) is 8.42 Å². The third-order valence-electron chi connectivity index (χ3n) is 5.09. The number of Topliss-reactive ketones (excluding diaryl/α,β-unsaturated/α-hetero) is 1. The number of hydrogen-bond donors (Lipinski definition) is 0. The Morgan fingerprint density at radius 1 is 1.00 bits per heavy atom. The van der Waals surface area contributed by atoms with Crippen molar-refractivity contribution in [3.63, 3.8) is 0 Å². The van der Waals surface area contributed by atoms with Gasteiger partial charge in [0.15, 0.2) is 0 Å². The summed E-state index contributed by atoms with van der Waals surface area (Å²) < 4.78 is 26.2. The van der Waals surface area contributed by atoms with Crippen LogP contribution in [0.25, 0.3) is 6.08 Å². The van der Waals surface area contributed by atoms with Gasteiger partial charge in [-0.05, 0) is 31.0 Å². The lowest BCUT2D eigenvalue weighted by molar-refractivity contribution is -0.111. The van der Waals surface area contributed by atoms with Gasteiger partial charge < -0.3 is 0 Å². The number of sulfone groups is 1. The number of aryl methyl sites for hydroxylation is 1. The third-order valence-corrected chi connectivity index (χ3v) is 6.88. The van der Waals surface area contributed by atoms with Gasteiger partial charge in [0, 0.05) is 11.5 Å². The Hall–Kier alpha value is -2.72. The van der Waals surface area contributed by atoms with Gasteiger partial charge >= 0.3 is 0 Å². The highest BCUT2D eigenvalue weighted by atomic mass is 32.2. The summed E-state index contributed by atoms with van der Waals surface area (Å²) in [6.45, 7) is 3.99. The van der Waals surface area contributed by atoms with Gasteiger partial charge in [0.2, 0.25) is 15.6 Å². The Morgan fingerprint density at radius 3 is 2.34 bits per heavy atom. The van der Waals surface area contributed by atoms with Crippen LogP contribution in [0, 0.1) is 12.8 Å². The van der Waals surface area contributed by atoms with E-state index in [0.29, 0.717) is 5.57 Å². The van der Waals surface area contributed by atoms with Crippen molar-refractivity contribution >= 4 is 21.7 Å². The van der Waals surface area contributed by atoms with Crippen LogP contribution < -0.4 is 0 Å². The normalized spacial score (nSPS) is 18.6. The fourth-order valence-corrected chi connectivity index (χ4v) is 4.86. The number of benzene rings is 2.